The number of nitrogens with one attached hydrogen (secondary N) is 1. The van der Waals surface area contributed by atoms with Crippen LogP contribution in [0.1, 0.15) is 17.2 Å². The van der Waals surface area contributed by atoms with Gasteiger partial charge in [-0.15, -0.1) is 0 Å². The Morgan fingerprint density at radius 2 is 2.24 bits per heavy atom. The average molecular weight is 235 g/mol. The van der Waals surface area contributed by atoms with E-state index < -0.39 is 11.9 Å². The van der Waals surface area contributed by atoms with Crippen LogP contribution in [0.5, 0.6) is 0 Å². The maximum absolute atomic E-state index is 10.9. The van der Waals surface area contributed by atoms with E-state index in [1.165, 1.54) is 6.20 Å². The van der Waals surface area contributed by atoms with E-state index in [-0.39, 0.29) is 5.92 Å². The van der Waals surface area contributed by atoms with Crippen LogP contribution in [0, 0.1) is 6.92 Å². The summed E-state index contributed by atoms with van der Waals surface area (Å²) in [6, 6.07) is 1.72. The summed E-state index contributed by atoms with van der Waals surface area (Å²) >= 11 is 0. The predicted molar refractivity (Wildman–Crippen MR) is 56.2 cm³/mol. The summed E-state index contributed by atoms with van der Waals surface area (Å²) in [7, 11) is 0. The predicted octanol–water partition coefficient (Wildman–Crippen LogP) is -0.808. The van der Waals surface area contributed by atoms with Gasteiger partial charge in [0.2, 0.25) is 0 Å². The van der Waals surface area contributed by atoms with Crippen LogP contribution in [0.15, 0.2) is 12.3 Å². The lowest BCUT2D eigenvalue weighted by molar-refractivity contribution is -0.299. The number of ether oxygens (including phenoxy) is 1. The fraction of sp³-hybridized carbons (Fsp3) is 0.364. The molecule has 0 saturated carbocycles. The molecule has 2 heterocycles. The molecule has 0 aromatic carbocycles. The van der Waals surface area contributed by atoms with E-state index in [1.807, 2.05) is 6.92 Å². The number of hydrogen-bond acceptors (Lipinski definition) is 5. The number of aliphatic carboxylic acids is 1. The van der Waals surface area contributed by atoms with Crippen molar-refractivity contribution in [2.45, 2.75) is 12.8 Å². The fourth-order valence-corrected chi connectivity index (χ4v) is 1.63. The molecule has 1 aliphatic heterocycles. The van der Waals surface area contributed by atoms with Crippen molar-refractivity contribution in [2.75, 3.05) is 18.5 Å². The van der Waals surface area contributed by atoms with Crippen LogP contribution in [-0.4, -0.2) is 30.1 Å². The molecule has 1 N–H and O–H groups in total. The Bertz CT molecular complexity index is 469. The van der Waals surface area contributed by atoms with Crippen molar-refractivity contribution in [1.82, 2.24) is 4.98 Å². The Hall–Kier alpha value is -1.95. The number of carbonyl (C=O) groups excluding carboxylic acids is 2. The number of carboxylic acid groups (broad SMARTS) is 1. The van der Waals surface area contributed by atoms with Gasteiger partial charge in [-0.3, -0.25) is 9.78 Å². The van der Waals surface area contributed by atoms with E-state index in [4.69, 9.17) is 4.74 Å². The van der Waals surface area contributed by atoms with Gasteiger partial charge >= 0.3 is 0 Å². The number of amides is 1. The lowest BCUT2D eigenvalue weighted by atomic mass is 9.96. The second kappa shape index (κ2) is 4.50. The molecule has 0 unspecified atom stereocenters. The van der Waals surface area contributed by atoms with Crippen molar-refractivity contribution < 1.29 is 19.4 Å². The van der Waals surface area contributed by atoms with E-state index in [0.29, 0.717) is 18.9 Å². The molecular formula is C11H11N2O4-. The summed E-state index contributed by atoms with van der Waals surface area (Å²) in [5.41, 5.74) is 2.17. The zero-order valence-corrected chi connectivity index (χ0v) is 9.23. The fourth-order valence-electron chi connectivity index (χ4n) is 1.63. The number of nitrogens with zero attached hydrogens (tertiary/aromatic N) is 1. The van der Waals surface area contributed by atoms with Crippen LogP contribution in [0.2, 0.25) is 0 Å². The first-order valence-electron chi connectivity index (χ1n) is 5.14. The van der Waals surface area contributed by atoms with E-state index in [1.54, 1.807) is 6.07 Å². The molecular weight excluding hydrogens is 224 g/mol. The van der Waals surface area contributed by atoms with Gasteiger partial charge in [0.25, 0.3) is 5.91 Å². The molecule has 90 valence electrons. The van der Waals surface area contributed by atoms with Gasteiger partial charge in [-0.25, -0.2) is 0 Å². The molecule has 0 atom stereocenters. The van der Waals surface area contributed by atoms with Crippen molar-refractivity contribution in [2.24, 2.45) is 0 Å². The molecule has 6 heteroatoms. The number of aryl methyl sites for hydroxylation is 1. The highest BCUT2D eigenvalue weighted by atomic mass is 16.5. The summed E-state index contributed by atoms with van der Waals surface area (Å²) in [4.78, 5) is 25.3. The van der Waals surface area contributed by atoms with Crippen LogP contribution in [0.25, 0.3) is 0 Å². The van der Waals surface area contributed by atoms with Gasteiger partial charge in [0.15, 0.2) is 0 Å². The molecule has 1 amide bonds. The zero-order chi connectivity index (χ0) is 12.4. The third-order valence-corrected chi connectivity index (χ3v) is 2.65. The second-order valence-corrected chi connectivity index (χ2v) is 3.87. The van der Waals surface area contributed by atoms with Crippen LogP contribution < -0.4 is 10.4 Å². The lowest BCUT2D eigenvalue weighted by Crippen LogP contribution is -2.36. The summed E-state index contributed by atoms with van der Waals surface area (Å²) < 4.78 is 5.08. The Balaban J connectivity index is 2.18. The Labute approximate surface area is 97.6 Å². The van der Waals surface area contributed by atoms with Crippen LogP contribution in [-0.2, 0) is 14.3 Å². The largest absolute Gasteiger partial charge is 0.540 e. The molecule has 17 heavy (non-hydrogen) atoms. The SMILES string of the molecule is Cc1ncc(NC(=O)C(=O)[O-])cc1C1COC1. The minimum Gasteiger partial charge on any atom is -0.540 e. The maximum atomic E-state index is 10.9. The van der Waals surface area contributed by atoms with E-state index in [9.17, 15) is 14.7 Å². The smallest absolute Gasteiger partial charge is 0.271 e. The van der Waals surface area contributed by atoms with Crippen LogP contribution >= 0.6 is 0 Å². The minimum absolute atomic E-state index is 0.266. The molecule has 0 radical (unpaired) electrons. The van der Waals surface area contributed by atoms with E-state index in [0.717, 1.165) is 11.3 Å². The van der Waals surface area contributed by atoms with Gasteiger partial charge in [-0.1, -0.05) is 0 Å². The zero-order valence-electron chi connectivity index (χ0n) is 9.23. The molecule has 1 aromatic heterocycles. The summed E-state index contributed by atoms with van der Waals surface area (Å²) in [5.74, 6) is -2.67. The van der Waals surface area contributed by atoms with Gasteiger partial charge in [0, 0.05) is 11.6 Å². The Morgan fingerprint density at radius 1 is 1.53 bits per heavy atom. The van der Waals surface area contributed by atoms with Gasteiger partial charge in [0.05, 0.1) is 25.1 Å². The molecule has 1 fully saturated rings. The third kappa shape index (κ3) is 2.42. The quantitative estimate of drug-likeness (QED) is 0.677. The Morgan fingerprint density at radius 3 is 2.76 bits per heavy atom. The van der Waals surface area contributed by atoms with E-state index >= 15 is 0 Å². The molecule has 0 spiro atoms. The molecule has 6 nitrogen and oxygen atoms in total. The molecule has 1 aromatic rings. The summed E-state index contributed by atoms with van der Waals surface area (Å²) in [6.07, 6.45) is 1.42. The first-order chi connectivity index (χ1) is 8.08. The number of hydrogen-bond donors (Lipinski definition) is 1. The molecule has 0 aliphatic carbocycles. The van der Waals surface area contributed by atoms with Crippen molar-refractivity contribution in [1.29, 1.82) is 0 Å². The summed E-state index contributed by atoms with van der Waals surface area (Å²) in [5, 5.41) is 12.5. The van der Waals surface area contributed by atoms with Crippen molar-refractivity contribution in [3.8, 4) is 0 Å². The molecule has 1 aliphatic rings. The number of carboxylic acids is 1. The molecule has 2 rings (SSSR count). The highest BCUT2D eigenvalue weighted by Crippen LogP contribution is 2.27. The first-order valence-corrected chi connectivity index (χ1v) is 5.14. The van der Waals surface area contributed by atoms with Gasteiger partial charge < -0.3 is 20.0 Å². The number of pyridine rings is 1. The van der Waals surface area contributed by atoms with Gasteiger partial charge in [-0.05, 0) is 18.6 Å². The highest BCUT2D eigenvalue weighted by molar-refractivity contribution is 6.35. The number of rotatable bonds is 2. The van der Waals surface area contributed by atoms with Crippen LogP contribution in [0.3, 0.4) is 0 Å². The molecule has 0 bridgehead atoms. The van der Waals surface area contributed by atoms with E-state index in [2.05, 4.69) is 10.3 Å². The van der Waals surface area contributed by atoms with Crippen molar-refractivity contribution in [3.05, 3.63) is 23.5 Å². The third-order valence-electron chi connectivity index (χ3n) is 2.65. The number of carbonyl (C=O) groups is 2. The van der Waals surface area contributed by atoms with Gasteiger partial charge in [-0.2, -0.15) is 0 Å². The lowest BCUT2D eigenvalue weighted by Gasteiger charge is -2.27. The maximum Gasteiger partial charge on any atom is 0.271 e. The number of anilines is 1. The highest BCUT2D eigenvalue weighted by Gasteiger charge is 2.23. The van der Waals surface area contributed by atoms with Crippen LogP contribution in [0.4, 0.5) is 5.69 Å². The standard InChI is InChI=1S/C11H12N2O4/c1-6-9(7-4-17-5-7)2-8(3-12-6)13-10(14)11(15)16/h2-3,7H,4-5H2,1H3,(H,13,14)(H,15,16)/p-1. The minimum atomic E-state index is -1.76. The first kappa shape index (κ1) is 11.5. The topological polar surface area (TPSA) is 91.4 Å². The van der Waals surface area contributed by atoms with Gasteiger partial charge in [0.1, 0.15) is 5.97 Å². The Kier molecular flexibility index (Phi) is 3.06. The van der Waals surface area contributed by atoms with Crippen molar-refractivity contribution >= 4 is 17.6 Å². The average Bonchev–Trinajstić information content (AvgIpc) is 2.20. The second-order valence-electron chi connectivity index (χ2n) is 3.87. The normalized spacial score (nSPS) is 15.1. The number of aromatic nitrogens is 1. The molecule has 1 saturated heterocycles. The summed E-state index contributed by atoms with van der Waals surface area (Å²) in [6.45, 7) is 3.11. The van der Waals surface area contributed by atoms with Crippen molar-refractivity contribution in [3.63, 3.8) is 0 Å². The monoisotopic (exact) mass is 235 g/mol.